The molecule has 7 nitrogen and oxygen atoms in total. The molecule has 144 valence electrons. The molecule has 0 aliphatic carbocycles. The summed E-state index contributed by atoms with van der Waals surface area (Å²) in [4.78, 5) is 3.08. The number of nitrogens with two attached hydrogens (primary N) is 1. The highest BCUT2D eigenvalue weighted by molar-refractivity contribution is 7.86. The van der Waals surface area contributed by atoms with Crippen molar-refractivity contribution in [2.24, 2.45) is 0 Å². The van der Waals surface area contributed by atoms with Gasteiger partial charge in [-0.3, -0.25) is 0 Å². The molecule has 0 spiro atoms. The van der Waals surface area contributed by atoms with Crippen LogP contribution in [0.25, 0.3) is 10.9 Å². The molecule has 3 aromatic rings. The van der Waals surface area contributed by atoms with E-state index in [-0.39, 0.29) is 5.75 Å². The predicted molar refractivity (Wildman–Crippen MR) is 106 cm³/mol. The largest absolute Gasteiger partial charge is 0.399 e. The van der Waals surface area contributed by atoms with E-state index in [2.05, 4.69) is 10.3 Å². The Kier molecular flexibility index (Phi) is 5.69. The number of aliphatic hydroxyl groups is 1. The smallest absolute Gasteiger partial charge is 0.306 e. The molecule has 1 heterocycles. The molecular weight excluding hydrogens is 366 g/mol. The Morgan fingerprint density at radius 1 is 1.26 bits per heavy atom. The number of aromatic nitrogens is 1. The molecule has 0 fully saturated rings. The third kappa shape index (κ3) is 5.00. The SMILES string of the molecule is CS(=O)(=O)Oc1cccc2c(CCNC[C@H](O)c3cccc(N)c3)c[nH]c12. The van der Waals surface area contributed by atoms with Gasteiger partial charge in [-0.05, 0) is 42.3 Å². The lowest BCUT2D eigenvalue weighted by molar-refractivity contribution is 0.175. The summed E-state index contributed by atoms with van der Waals surface area (Å²) in [5.74, 6) is 0.284. The summed E-state index contributed by atoms with van der Waals surface area (Å²) in [6.07, 6.45) is 2.94. The van der Waals surface area contributed by atoms with Crippen LogP contribution in [0.2, 0.25) is 0 Å². The summed E-state index contributed by atoms with van der Waals surface area (Å²) in [6, 6.07) is 12.5. The fraction of sp³-hybridized carbons (Fsp3) is 0.263. The molecule has 5 N–H and O–H groups in total. The van der Waals surface area contributed by atoms with Crippen LogP contribution < -0.4 is 15.2 Å². The zero-order chi connectivity index (χ0) is 19.4. The molecule has 0 saturated heterocycles. The minimum absolute atomic E-state index is 0.284. The first-order valence-electron chi connectivity index (χ1n) is 8.56. The van der Waals surface area contributed by atoms with Gasteiger partial charge in [0.1, 0.15) is 0 Å². The molecule has 27 heavy (non-hydrogen) atoms. The van der Waals surface area contributed by atoms with Gasteiger partial charge in [0.05, 0.1) is 17.9 Å². The van der Waals surface area contributed by atoms with Crippen molar-refractivity contribution in [3.8, 4) is 5.75 Å². The van der Waals surface area contributed by atoms with E-state index in [1.54, 1.807) is 24.3 Å². The fourth-order valence-corrected chi connectivity index (χ4v) is 3.44. The molecule has 0 aliphatic heterocycles. The Balaban J connectivity index is 1.60. The monoisotopic (exact) mass is 389 g/mol. The van der Waals surface area contributed by atoms with E-state index in [0.29, 0.717) is 30.7 Å². The summed E-state index contributed by atoms with van der Waals surface area (Å²) in [7, 11) is -3.59. The number of benzene rings is 2. The third-order valence-electron chi connectivity index (χ3n) is 4.21. The van der Waals surface area contributed by atoms with Gasteiger partial charge in [-0.15, -0.1) is 0 Å². The highest BCUT2D eigenvalue weighted by Crippen LogP contribution is 2.28. The molecule has 1 aromatic heterocycles. The first-order chi connectivity index (χ1) is 12.8. The Bertz CT molecular complexity index is 1030. The van der Waals surface area contributed by atoms with Gasteiger partial charge in [-0.25, -0.2) is 0 Å². The number of aliphatic hydroxyl groups excluding tert-OH is 1. The topological polar surface area (TPSA) is 117 Å². The van der Waals surface area contributed by atoms with Crippen LogP contribution in [0.15, 0.2) is 48.7 Å². The maximum Gasteiger partial charge on any atom is 0.306 e. The van der Waals surface area contributed by atoms with Crippen LogP contribution in [0.1, 0.15) is 17.2 Å². The number of nitrogens with one attached hydrogen (secondary N) is 2. The molecule has 2 aromatic carbocycles. The summed E-state index contributed by atoms with van der Waals surface area (Å²) in [5, 5.41) is 14.4. The number of rotatable bonds is 8. The summed E-state index contributed by atoms with van der Waals surface area (Å²) >= 11 is 0. The second kappa shape index (κ2) is 7.99. The van der Waals surface area contributed by atoms with Crippen molar-refractivity contribution in [1.82, 2.24) is 10.3 Å². The lowest BCUT2D eigenvalue weighted by Crippen LogP contribution is -2.23. The summed E-state index contributed by atoms with van der Waals surface area (Å²) in [6.45, 7) is 1.07. The minimum Gasteiger partial charge on any atom is -0.399 e. The van der Waals surface area contributed by atoms with Gasteiger partial charge in [-0.2, -0.15) is 8.42 Å². The second-order valence-electron chi connectivity index (χ2n) is 6.42. The van der Waals surface area contributed by atoms with E-state index in [0.717, 1.165) is 22.8 Å². The third-order valence-corrected chi connectivity index (χ3v) is 4.69. The normalized spacial score (nSPS) is 13.0. The number of hydrogen-bond acceptors (Lipinski definition) is 6. The van der Waals surface area contributed by atoms with Crippen LogP contribution in [0.5, 0.6) is 5.75 Å². The first kappa shape index (κ1) is 19.2. The second-order valence-corrected chi connectivity index (χ2v) is 8.00. The summed E-state index contributed by atoms with van der Waals surface area (Å²) < 4.78 is 27.8. The molecule has 0 radical (unpaired) electrons. The van der Waals surface area contributed by atoms with Crippen molar-refractivity contribution >= 4 is 26.7 Å². The zero-order valence-corrected chi connectivity index (χ0v) is 15.8. The predicted octanol–water partition coefficient (Wildman–Crippen LogP) is 1.95. The zero-order valence-electron chi connectivity index (χ0n) is 15.0. The maximum atomic E-state index is 11.4. The van der Waals surface area contributed by atoms with Gasteiger partial charge in [-0.1, -0.05) is 24.3 Å². The minimum atomic E-state index is -3.59. The lowest BCUT2D eigenvalue weighted by atomic mass is 10.1. The molecule has 0 bridgehead atoms. The van der Waals surface area contributed by atoms with Crippen LogP contribution in [-0.2, 0) is 16.5 Å². The van der Waals surface area contributed by atoms with Crippen LogP contribution in [0.3, 0.4) is 0 Å². The Hall–Kier alpha value is -2.55. The highest BCUT2D eigenvalue weighted by Gasteiger charge is 2.12. The van der Waals surface area contributed by atoms with E-state index in [1.165, 1.54) is 0 Å². The van der Waals surface area contributed by atoms with Crippen molar-refractivity contribution in [3.05, 3.63) is 59.8 Å². The van der Waals surface area contributed by atoms with Gasteiger partial charge in [0.2, 0.25) is 0 Å². The molecule has 8 heteroatoms. The van der Waals surface area contributed by atoms with Crippen molar-refractivity contribution < 1.29 is 17.7 Å². The number of hydrogen-bond donors (Lipinski definition) is 4. The average Bonchev–Trinajstić information content (AvgIpc) is 3.01. The van der Waals surface area contributed by atoms with Gasteiger partial charge < -0.3 is 25.3 Å². The number of para-hydroxylation sites is 1. The van der Waals surface area contributed by atoms with Gasteiger partial charge in [0, 0.05) is 23.8 Å². The average molecular weight is 389 g/mol. The van der Waals surface area contributed by atoms with Gasteiger partial charge in [0.15, 0.2) is 5.75 Å². The van der Waals surface area contributed by atoms with Crippen LogP contribution >= 0.6 is 0 Å². The first-order valence-corrected chi connectivity index (χ1v) is 10.4. The summed E-state index contributed by atoms with van der Waals surface area (Å²) in [5.41, 5.74) is 8.82. The molecule has 0 aliphatic rings. The van der Waals surface area contributed by atoms with E-state index < -0.39 is 16.2 Å². The number of H-pyrrole nitrogens is 1. The Labute approximate surface area is 158 Å². The number of anilines is 1. The molecule has 0 unspecified atom stereocenters. The number of nitrogen functional groups attached to an aromatic ring is 1. The van der Waals surface area contributed by atoms with E-state index in [1.807, 2.05) is 24.4 Å². The van der Waals surface area contributed by atoms with Crippen molar-refractivity contribution in [1.29, 1.82) is 0 Å². The van der Waals surface area contributed by atoms with Crippen LogP contribution in [0.4, 0.5) is 5.69 Å². The van der Waals surface area contributed by atoms with Crippen molar-refractivity contribution in [2.45, 2.75) is 12.5 Å². The number of fused-ring (bicyclic) bond motifs is 1. The van der Waals surface area contributed by atoms with Crippen molar-refractivity contribution in [2.75, 3.05) is 25.1 Å². The molecular formula is C19H23N3O4S. The van der Waals surface area contributed by atoms with E-state index in [4.69, 9.17) is 9.92 Å². The lowest BCUT2D eigenvalue weighted by Gasteiger charge is -2.12. The van der Waals surface area contributed by atoms with E-state index >= 15 is 0 Å². The van der Waals surface area contributed by atoms with Crippen LogP contribution in [0, 0.1) is 0 Å². The molecule has 0 saturated carbocycles. The standard InChI is InChI=1S/C19H23N3O4S/c1-27(24,25)26-18-7-3-6-16-14(11-22-19(16)18)8-9-21-12-17(23)13-4-2-5-15(20)10-13/h2-7,10-11,17,21-23H,8-9,12,20H2,1H3/t17-/m0/s1. The van der Waals surface area contributed by atoms with Gasteiger partial charge >= 0.3 is 10.1 Å². The Morgan fingerprint density at radius 3 is 2.78 bits per heavy atom. The van der Waals surface area contributed by atoms with E-state index in [9.17, 15) is 13.5 Å². The quantitative estimate of drug-likeness (QED) is 0.266. The van der Waals surface area contributed by atoms with Gasteiger partial charge in [0.25, 0.3) is 0 Å². The molecule has 3 rings (SSSR count). The fourth-order valence-electron chi connectivity index (χ4n) is 2.97. The van der Waals surface area contributed by atoms with Crippen molar-refractivity contribution in [3.63, 3.8) is 0 Å². The maximum absolute atomic E-state index is 11.4. The highest BCUT2D eigenvalue weighted by atomic mass is 32.2. The van der Waals surface area contributed by atoms with Crippen LogP contribution in [-0.4, -0.2) is 37.9 Å². The molecule has 0 amide bonds. The Morgan fingerprint density at radius 2 is 2.04 bits per heavy atom. The molecule has 1 atom stereocenters. The number of aromatic amines is 1.